The summed E-state index contributed by atoms with van der Waals surface area (Å²) in [5.41, 5.74) is 3.37. The average Bonchev–Trinajstić information content (AvgIpc) is 2.72. The number of aliphatic imine (C=N–C) groups is 1. The molecule has 0 aromatic heterocycles. The van der Waals surface area contributed by atoms with E-state index in [9.17, 15) is 0 Å². The van der Waals surface area contributed by atoms with E-state index < -0.39 is 0 Å². The maximum atomic E-state index is 5.68. The monoisotopic (exact) mass is 513 g/mol. The van der Waals surface area contributed by atoms with Crippen LogP contribution < -0.4 is 20.1 Å². The highest BCUT2D eigenvalue weighted by Crippen LogP contribution is 2.24. The number of guanidine groups is 1. The van der Waals surface area contributed by atoms with Crippen molar-refractivity contribution in [2.45, 2.75) is 39.6 Å². The number of hydrogen-bond donors (Lipinski definition) is 2. The van der Waals surface area contributed by atoms with Gasteiger partial charge in [0.2, 0.25) is 0 Å². The summed E-state index contributed by atoms with van der Waals surface area (Å²) < 4.78 is 16.4. The Morgan fingerprint density at radius 1 is 0.966 bits per heavy atom. The predicted molar refractivity (Wildman–Crippen MR) is 128 cm³/mol. The normalized spacial score (nSPS) is 11.0. The summed E-state index contributed by atoms with van der Waals surface area (Å²) in [7, 11) is 5.05. The first kappa shape index (κ1) is 25.0. The van der Waals surface area contributed by atoms with Crippen molar-refractivity contribution in [1.29, 1.82) is 0 Å². The molecule has 0 saturated heterocycles. The zero-order valence-corrected chi connectivity index (χ0v) is 20.2. The Hall–Kier alpha value is -2.00. The van der Waals surface area contributed by atoms with Crippen molar-refractivity contribution >= 4 is 29.9 Å². The molecule has 0 saturated carbocycles. The van der Waals surface area contributed by atoms with Gasteiger partial charge in [0, 0.05) is 31.8 Å². The topological polar surface area (TPSA) is 64.1 Å². The molecule has 0 aliphatic heterocycles. The molecular weight excluding hydrogens is 481 g/mol. The van der Waals surface area contributed by atoms with Gasteiger partial charge in [-0.2, -0.15) is 0 Å². The van der Waals surface area contributed by atoms with Crippen molar-refractivity contribution in [1.82, 2.24) is 10.6 Å². The van der Waals surface area contributed by atoms with Crippen LogP contribution in [0, 0.1) is 0 Å². The molecule has 0 spiro atoms. The molecule has 29 heavy (non-hydrogen) atoms. The Labute approximate surface area is 191 Å². The highest BCUT2D eigenvalue weighted by atomic mass is 127. The predicted octanol–water partition coefficient (Wildman–Crippen LogP) is 4.11. The highest BCUT2D eigenvalue weighted by molar-refractivity contribution is 14.0. The van der Waals surface area contributed by atoms with E-state index in [1.54, 1.807) is 21.3 Å². The molecule has 2 rings (SSSR count). The summed E-state index contributed by atoms with van der Waals surface area (Å²) in [4.78, 5) is 4.29. The number of ether oxygens (including phenoxy) is 3. The molecule has 0 radical (unpaired) electrons. The van der Waals surface area contributed by atoms with Gasteiger partial charge in [0.25, 0.3) is 0 Å². The second kappa shape index (κ2) is 13.3. The number of halogens is 1. The SMILES string of the molecule is CN=C(NCc1cccc(COC(C)C)c1)NCc1ccc(OC)cc1OC.I. The van der Waals surface area contributed by atoms with Gasteiger partial charge in [-0.05, 0) is 37.1 Å². The lowest BCUT2D eigenvalue weighted by Crippen LogP contribution is -2.36. The number of rotatable bonds is 9. The molecule has 2 aromatic rings. The Bertz CT molecular complexity index is 782. The lowest BCUT2D eigenvalue weighted by atomic mass is 10.1. The van der Waals surface area contributed by atoms with Crippen LogP contribution in [0.25, 0.3) is 0 Å². The Morgan fingerprint density at radius 2 is 1.69 bits per heavy atom. The van der Waals surface area contributed by atoms with E-state index in [0.29, 0.717) is 19.7 Å². The zero-order chi connectivity index (χ0) is 20.4. The van der Waals surface area contributed by atoms with Gasteiger partial charge in [-0.1, -0.05) is 24.3 Å². The molecule has 2 aromatic carbocycles. The van der Waals surface area contributed by atoms with Crippen LogP contribution >= 0.6 is 24.0 Å². The van der Waals surface area contributed by atoms with Crippen LogP contribution in [0.3, 0.4) is 0 Å². The van der Waals surface area contributed by atoms with Crippen LogP contribution in [0.4, 0.5) is 0 Å². The van der Waals surface area contributed by atoms with E-state index in [1.807, 2.05) is 32.0 Å². The van der Waals surface area contributed by atoms with Crippen molar-refractivity contribution in [3.05, 3.63) is 59.2 Å². The van der Waals surface area contributed by atoms with E-state index in [1.165, 1.54) is 11.1 Å². The zero-order valence-electron chi connectivity index (χ0n) is 17.8. The van der Waals surface area contributed by atoms with E-state index in [2.05, 4.69) is 39.9 Å². The lowest BCUT2D eigenvalue weighted by molar-refractivity contribution is 0.0657. The van der Waals surface area contributed by atoms with Gasteiger partial charge in [0.05, 0.1) is 26.9 Å². The fourth-order valence-electron chi connectivity index (χ4n) is 2.68. The first-order valence-corrected chi connectivity index (χ1v) is 9.40. The maximum absolute atomic E-state index is 5.68. The number of benzene rings is 2. The van der Waals surface area contributed by atoms with Gasteiger partial charge in [0.15, 0.2) is 5.96 Å². The first-order valence-electron chi connectivity index (χ1n) is 9.40. The van der Waals surface area contributed by atoms with Crippen LogP contribution in [0.15, 0.2) is 47.5 Å². The molecule has 0 amide bonds. The van der Waals surface area contributed by atoms with Gasteiger partial charge >= 0.3 is 0 Å². The van der Waals surface area contributed by atoms with Crippen LogP contribution in [-0.4, -0.2) is 33.3 Å². The highest BCUT2D eigenvalue weighted by Gasteiger charge is 2.06. The quantitative estimate of drug-likeness (QED) is 0.300. The molecule has 0 fully saturated rings. The molecule has 0 bridgehead atoms. The van der Waals surface area contributed by atoms with Gasteiger partial charge in [-0.15, -0.1) is 24.0 Å². The van der Waals surface area contributed by atoms with Gasteiger partial charge < -0.3 is 24.8 Å². The molecule has 0 atom stereocenters. The van der Waals surface area contributed by atoms with Gasteiger partial charge in [0.1, 0.15) is 11.5 Å². The first-order chi connectivity index (χ1) is 13.5. The maximum Gasteiger partial charge on any atom is 0.191 e. The molecule has 7 heteroatoms. The van der Waals surface area contributed by atoms with E-state index in [-0.39, 0.29) is 30.1 Å². The van der Waals surface area contributed by atoms with Gasteiger partial charge in [-0.3, -0.25) is 4.99 Å². The van der Waals surface area contributed by atoms with Crippen molar-refractivity contribution in [2.24, 2.45) is 4.99 Å². The summed E-state index contributed by atoms with van der Waals surface area (Å²) in [6.45, 7) is 5.97. The second-order valence-corrected chi connectivity index (χ2v) is 6.64. The third-order valence-corrected chi connectivity index (χ3v) is 4.20. The van der Waals surface area contributed by atoms with E-state index >= 15 is 0 Å². The third-order valence-electron chi connectivity index (χ3n) is 4.20. The van der Waals surface area contributed by atoms with Crippen molar-refractivity contribution in [2.75, 3.05) is 21.3 Å². The smallest absolute Gasteiger partial charge is 0.191 e. The van der Waals surface area contributed by atoms with Crippen molar-refractivity contribution < 1.29 is 14.2 Å². The van der Waals surface area contributed by atoms with Gasteiger partial charge in [-0.25, -0.2) is 0 Å². The fraction of sp³-hybridized carbons (Fsp3) is 0.409. The van der Waals surface area contributed by atoms with Crippen LogP contribution in [0.2, 0.25) is 0 Å². The van der Waals surface area contributed by atoms with E-state index in [4.69, 9.17) is 14.2 Å². The number of methoxy groups -OCH3 is 2. The second-order valence-electron chi connectivity index (χ2n) is 6.64. The van der Waals surface area contributed by atoms with Crippen molar-refractivity contribution in [3.63, 3.8) is 0 Å². The van der Waals surface area contributed by atoms with Crippen LogP contribution in [0.5, 0.6) is 11.5 Å². The fourth-order valence-corrected chi connectivity index (χ4v) is 2.68. The number of hydrogen-bond acceptors (Lipinski definition) is 4. The standard InChI is InChI=1S/C22H31N3O3.HI/c1-16(2)28-15-18-8-6-7-17(11-18)13-24-22(23-3)25-14-19-9-10-20(26-4)12-21(19)27-5;/h6-12,16H,13-15H2,1-5H3,(H2,23,24,25);1H. The minimum absolute atomic E-state index is 0. The summed E-state index contributed by atoms with van der Waals surface area (Å²) in [6, 6.07) is 14.1. The molecule has 0 unspecified atom stereocenters. The minimum atomic E-state index is 0. The minimum Gasteiger partial charge on any atom is -0.497 e. The molecule has 0 heterocycles. The summed E-state index contributed by atoms with van der Waals surface area (Å²) in [5.74, 6) is 2.27. The Morgan fingerprint density at radius 3 is 2.34 bits per heavy atom. The average molecular weight is 513 g/mol. The number of nitrogens with one attached hydrogen (secondary N) is 2. The van der Waals surface area contributed by atoms with Crippen molar-refractivity contribution in [3.8, 4) is 11.5 Å². The number of nitrogens with zero attached hydrogens (tertiary/aromatic N) is 1. The summed E-state index contributed by atoms with van der Waals surface area (Å²) in [5, 5.41) is 6.66. The van der Waals surface area contributed by atoms with Crippen LogP contribution in [-0.2, 0) is 24.4 Å². The molecule has 160 valence electrons. The molecule has 0 aliphatic carbocycles. The lowest BCUT2D eigenvalue weighted by Gasteiger charge is -2.15. The molecule has 6 nitrogen and oxygen atoms in total. The molecule has 0 aliphatic rings. The molecular formula is C22H32IN3O3. The molecule has 2 N–H and O–H groups in total. The third kappa shape index (κ3) is 8.49. The Balaban J connectivity index is 0.00000420. The largest absolute Gasteiger partial charge is 0.497 e. The summed E-state index contributed by atoms with van der Waals surface area (Å²) >= 11 is 0. The van der Waals surface area contributed by atoms with Crippen LogP contribution in [0.1, 0.15) is 30.5 Å². The van der Waals surface area contributed by atoms with E-state index in [0.717, 1.165) is 23.0 Å². The Kier molecular flexibility index (Phi) is 11.5. The summed E-state index contributed by atoms with van der Waals surface area (Å²) in [6.07, 6.45) is 0.222.